The monoisotopic (exact) mass is 728 g/mol. The van der Waals surface area contributed by atoms with Gasteiger partial charge in [-0.1, -0.05) is 84.4 Å². The molecule has 2 aliphatic heterocycles. The summed E-state index contributed by atoms with van der Waals surface area (Å²) in [4.78, 5) is 34.9. The standard InChI is InChI=1S/C41H46ClFN4O3S/c1-51-38-27-36(43)14-12-34(38)28-46-22-24-47(25-23-46)40(48)39(44-41(49)50-29-30-8-4-2-5-9-30)32-16-19-45(20-17-32)21-18-33-26-35(42)13-15-37(33)31-10-6-3-7-11-31/h2-15,26-27,32,39H,16-25,28-29H2,1H3,(H,44,49)/t39-/m1/s1. The quantitative estimate of drug-likeness (QED) is 0.151. The summed E-state index contributed by atoms with van der Waals surface area (Å²) in [7, 11) is 0. The number of nitrogens with one attached hydrogen (secondary N) is 1. The fraction of sp³-hybridized carbons (Fsp3) is 0.366. The highest BCUT2D eigenvalue weighted by Crippen LogP contribution is 2.29. The number of rotatable bonds is 12. The minimum Gasteiger partial charge on any atom is -0.445 e. The molecule has 2 fully saturated rings. The lowest BCUT2D eigenvalue weighted by atomic mass is 9.88. The molecule has 0 bridgehead atoms. The molecule has 1 N–H and O–H groups in total. The Balaban J connectivity index is 1.07. The number of likely N-dealkylation sites (tertiary alicyclic amines) is 1. The molecule has 0 spiro atoms. The molecule has 0 unspecified atom stereocenters. The van der Waals surface area contributed by atoms with Crippen molar-refractivity contribution in [1.82, 2.24) is 20.0 Å². The minimum atomic E-state index is -0.667. The van der Waals surface area contributed by atoms with E-state index in [1.54, 1.807) is 17.8 Å². The zero-order valence-corrected chi connectivity index (χ0v) is 30.7. The Kier molecular flexibility index (Phi) is 13.1. The molecule has 2 heterocycles. The number of alkyl carbamates (subject to hydrolysis) is 1. The van der Waals surface area contributed by atoms with Gasteiger partial charge in [-0.2, -0.15) is 0 Å². The van der Waals surface area contributed by atoms with Crippen molar-refractivity contribution < 1.29 is 18.7 Å². The highest BCUT2D eigenvalue weighted by Gasteiger charge is 2.36. The van der Waals surface area contributed by atoms with E-state index in [0.29, 0.717) is 32.7 Å². The van der Waals surface area contributed by atoms with Crippen LogP contribution in [0.2, 0.25) is 5.02 Å². The van der Waals surface area contributed by atoms with Gasteiger partial charge in [0, 0.05) is 49.2 Å². The number of piperidine rings is 1. The van der Waals surface area contributed by atoms with E-state index < -0.39 is 12.1 Å². The first-order valence-electron chi connectivity index (χ1n) is 17.7. The van der Waals surface area contributed by atoms with Gasteiger partial charge in [-0.25, -0.2) is 9.18 Å². The molecule has 4 aromatic carbocycles. The van der Waals surface area contributed by atoms with Crippen LogP contribution in [0.4, 0.5) is 9.18 Å². The minimum absolute atomic E-state index is 0.00884. The van der Waals surface area contributed by atoms with Crippen molar-refractivity contribution in [2.75, 3.05) is 52.1 Å². The summed E-state index contributed by atoms with van der Waals surface area (Å²) in [5, 5.41) is 3.72. The van der Waals surface area contributed by atoms with Crippen LogP contribution in [0.5, 0.6) is 0 Å². The maximum atomic E-state index is 14.2. The smallest absolute Gasteiger partial charge is 0.408 e. The lowest BCUT2D eigenvalue weighted by molar-refractivity contribution is -0.137. The van der Waals surface area contributed by atoms with Crippen LogP contribution in [0.25, 0.3) is 11.1 Å². The number of carbonyl (C=O) groups excluding carboxylic acids is 2. The van der Waals surface area contributed by atoms with Gasteiger partial charge < -0.3 is 19.9 Å². The highest BCUT2D eigenvalue weighted by molar-refractivity contribution is 7.98. The van der Waals surface area contributed by atoms with E-state index in [2.05, 4.69) is 51.5 Å². The van der Waals surface area contributed by atoms with Gasteiger partial charge in [-0.3, -0.25) is 9.69 Å². The van der Waals surface area contributed by atoms with Crippen molar-refractivity contribution in [1.29, 1.82) is 0 Å². The molecule has 2 aliphatic rings. The summed E-state index contributed by atoms with van der Waals surface area (Å²) >= 11 is 7.97. The average Bonchev–Trinajstić information content (AvgIpc) is 3.17. The average molecular weight is 729 g/mol. The van der Waals surface area contributed by atoms with Crippen LogP contribution in [0.3, 0.4) is 0 Å². The van der Waals surface area contributed by atoms with Gasteiger partial charge in [0.2, 0.25) is 5.91 Å². The fourth-order valence-corrected chi connectivity index (χ4v) is 7.96. The van der Waals surface area contributed by atoms with Crippen LogP contribution in [0, 0.1) is 11.7 Å². The zero-order valence-electron chi connectivity index (χ0n) is 29.1. The van der Waals surface area contributed by atoms with E-state index in [9.17, 15) is 14.0 Å². The third kappa shape index (κ3) is 10.1. The van der Waals surface area contributed by atoms with Gasteiger partial charge >= 0.3 is 6.09 Å². The van der Waals surface area contributed by atoms with Crippen molar-refractivity contribution in [2.24, 2.45) is 5.92 Å². The van der Waals surface area contributed by atoms with Gasteiger partial charge in [-0.05, 0) is 96.6 Å². The van der Waals surface area contributed by atoms with Gasteiger partial charge in [0.15, 0.2) is 0 Å². The Labute approximate surface area is 310 Å². The van der Waals surface area contributed by atoms with Crippen molar-refractivity contribution in [3.8, 4) is 11.1 Å². The number of nitrogens with zero attached hydrogens (tertiary/aromatic N) is 3. The molecular weight excluding hydrogens is 683 g/mol. The van der Waals surface area contributed by atoms with E-state index in [0.717, 1.165) is 59.9 Å². The van der Waals surface area contributed by atoms with Crippen molar-refractivity contribution in [3.05, 3.63) is 125 Å². The van der Waals surface area contributed by atoms with Crippen LogP contribution in [-0.4, -0.2) is 84.8 Å². The predicted molar refractivity (Wildman–Crippen MR) is 203 cm³/mol. The predicted octanol–water partition coefficient (Wildman–Crippen LogP) is 7.76. The number of carbonyl (C=O) groups is 2. The second-order valence-electron chi connectivity index (χ2n) is 13.3. The second-order valence-corrected chi connectivity index (χ2v) is 14.6. The maximum Gasteiger partial charge on any atom is 0.408 e. The molecular formula is C41H46ClFN4O3S. The number of hydrogen-bond donors (Lipinski definition) is 1. The number of piperazine rings is 1. The topological polar surface area (TPSA) is 65.1 Å². The summed E-state index contributed by atoms with van der Waals surface area (Å²) in [6.07, 6.45) is 3.83. The van der Waals surface area contributed by atoms with E-state index >= 15 is 0 Å². The maximum absolute atomic E-state index is 14.2. The fourth-order valence-electron chi connectivity index (χ4n) is 7.14. The summed E-state index contributed by atoms with van der Waals surface area (Å²) in [6, 6.07) is 30.3. The van der Waals surface area contributed by atoms with Crippen molar-refractivity contribution >= 4 is 35.4 Å². The number of halogens is 2. The Morgan fingerprint density at radius 3 is 2.27 bits per heavy atom. The Bertz CT molecular complexity index is 1750. The molecule has 0 aromatic heterocycles. The van der Waals surface area contributed by atoms with Crippen LogP contribution >= 0.6 is 23.4 Å². The highest BCUT2D eigenvalue weighted by atomic mass is 35.5. The van der Waals surface area contributed by atoms with Gasteiger partial charge in [0.1, 0.15) is 18.5 Å². The third-order valence-electron chi connectivity index (χ3n) is 10.0. The van der Waals surface area contributed by atoms with Crippen molar-refractivity contribution in [2.45, 2.75) is 43.4 Å². The van der Waals surface area contributed by atoms with Crippen LogP contribution in [-0.2, 0) is 29.1 Å². The summed E-state index contributed by atoms with van der Waals surface area (Å²) in [6.45, 7) is 5.92. The SMILES string of the molecule is CSc1cc(F)ccc1CN1CCN(C(=O)[C@H](NC(=O)OCc2ccccc2)C2CCN(CCc3cc(Cl)ccc3-c3ccccc3)CC2)CC1. The number of hydrogen-bond acceptors (Lipinski definition) is 6. The van der Waals surface area contributed by atoms with Crippen LogP contribution in [0.15, 0.2) is 102 Å². The normalized spacial score (nSPS) is 16.5. The summed E-state index contributed by atoms with van der Waals surface area (Å²) in [5.74, 6) is -0.295. The van der Waals surface area contributed by atoms with Crippen molar-refractivity contribution in [3.63, 3.8) is 0 Å². The molecule has 2 amide bonds. The molecule has 0 radical (unpaired) electrons. The molecule has 6 rings (SSSR count). The van der Waals surface area contributed by atoms with E-state index in [1.807, 2.05) is 59.7 Å². The zero-order chi connectivity index (χ0) is 35.6. The number of benzene rings is 4. The first-order valence-corrected chi connectivity index (χ1v) is 19.3. The Morgan fingerprint density at radius 1 is 0.863 bits per heavy atom. The molecule has 7 nitrogen and oxygen atoms in total. The van der Waals surface area contributed by atoms with Gasteiger partial charge in [-0.15, -0.1) is 11.8 Å². The molecule has 0 aliphatic carbocycles. The summed E-state index contributed by atoms with van der Waals surface area (Å²) < 4.78 is 19.4. The Morgan fingerprint density at radius 2 is 1.57 bits per heavy atom. The number of ether oxygens (including phenoxy) is 1. The molecule has 268 valence electrons. The summed E-state index contributed by atoms with van der Waals surface area (Å²) in [5.41, 5.74) is 5.57. The molecule has 51 heavy (non-hydrogen) atoms. The number of amides is 2. The lowest BCUT2D eigenvalue weighted by Gasteiger charge is -2.40. The van der Waals surface area contributed by atoms with Crippen LogP contribution in [0.1, 0.15) is 29.5 Å². The molecule has 0 saturated carbocycles. The number of thioether (sulfide) groups is 1. The third-order valence-corrected chi connectivity index (χ3v) is 11.1. The lowest BCUT2D eigenvalue weighted by Crippen LogP contribution is -2.58. The first kappa shape index (κ1) is 36.9. The van der Waals surface area contributed by atoms with Gasteiger partial charge in [0.05, 0.1) is 0 Å². The molecule has 10 heteroatoms. The van der Waals surface area contributed by atoms with E-state index in [1.165, 1.54) is 22.8 Å². The van der Waals surface area contributed by atoms with E-state index in [-0.39, 0.29) is 24.2 Å². The molecule has 2 saturated heterocycles. The van der Waals surface area contributed by atoms with Gasteiger partial charge in [0.25, 0.3) is 0 Å². The van der Waals surface area contributed by atoms with Crippen LogP contribution < -0.4 is 5.32 Å². The second kappa shape index (κ2) is 18.0. The molecule has 1 atom stereocenters. The van der Waals surface area contributed by atoms with E-state index in [4.69, 9.17) is 16.3 Å². The first-order chi connectivity index (χ1) is 24.9. The largest absolute Gasteiger partial charge is 0.445 e. The Hall–Kier alpha value is -3.89. The molecule has 4 aromatic rings.